The van der Waals surface area contributed by atoms with Crippen molar-refractivity contribution in [2.45, 2.75) is 19.4 Å². The van der Waals surface area contributed by atoms with Crippen LogP contribution in [0.1, 0.15) is 13.8 Å². The minimum absolute atomic E-state index is 0.0125. The molecule has 0 atom stereocenters. The quantitative estimate of drug-likeness (QED) is 0.626. The zero-order valence-electron chi connectivity index (χ0n) is 7.59. The second-order valence-corrected chi connectivity index (χ2v) is 3.81. The second-order valence-electron chi connectivity index (χ2n) is 3.81. The minimum Gasteiger partial charge on any atom is -0.486 e. The average molecular weight is 167 g/mol. The van der Waals surface area contributed by atoms with Gasteiger partial charge in [0.25, 0.3) is 0 Å². The molecule has 1 aromatic heterocycles. The predicted octanol–water partition coefficient (Wildman–Crippen LogP) is 1.00. The molecule has 2 rings (SSSR count). The van der Waals surface area contributed by atoms with Crippen LogP contribution in [0.5, 0.6) is 5.75 Å². The van der Waals surface area contributed by atoms with Crippen molar-refractivity contribution in [1.82, 2.24) is 9.78 Å². The van der Waals surface area contributed by atoms with Crippen molar-refractivity contribution in [2.75, 3.05) is 11.9 Å². The Morgan fingerprint density at radius 3 is 3.17 bits per heavy atom. The maximum Gasteiger partial charge on any atom is 0.191 e. The molecule has 2 heterocycles. The van der Waals surface area contributed by atoms with Crippen LogP contribution in [0.15, 0.2) is 6.20 Å². The molecule has 1 N–H and O–H groups in total. The van der Waals surface area contributed by atoms with Crippen LogP contribution in [0.2, 0.25) is 0 Å². The van der Waals surface area contributed by atoms with E-state index in [1.54, 1.807) is 4.68 Å². The number of hydrogen-bond donors (Lipinski definition) is 1. The van der Waals surface area contributed by atoms with Gasteiger partial charge in [-0.3, -0.25) is 4.68 Å². The number of fused-ring (bicyclic) bond motifs is 1. The smallest absolute Gasteiger partial charge is 0.191 e. The highest BCUT2D eigenvalue weighted by Gasteiger charge is 2.27. The first-order valence-electron chi connectivity index (χ1n) is 4.01. The number of rotatable bonds is 0. The Labute approximate surface area is 71.5 Å². The summed E-state index contributed by atoms with van der Waals surface area (Å²) < 4.78 is 7.26. The Balaban J connectivity index is 2.34. The Morgan fingerprint density at radius 2 is 2.42 bits per heavy atom. The molecule has 0 bridgehead atoms. The summed E-state index contributed by atoms with van der Waals surface area (Å²) in [7, 11) is 1.89. The van der Waals surface area contributed by atoms with E-state index in [2.05, 4.69) is 24.3 Å². The number of aryl methyl sites for hydroxylation is 1. The van der Waals surface area contributed by atoms with Crippen molar-refractivity contribution in [3.05, 3.63) is 6.20 Å². The molecule has 0 spiro atoms. The van der Waals surface area contributed by atoms with Gasteiger partial charge in [-0.25, -0.2) is 0 Å². The molecule has 0 unspecified atom stereocenters. The van der Waals surface area contributed by atoms with Crippen molar-refractivity contribution in [1.29, 1.82) is 0 Å². The Morgan fingerprint density at radius 1 is 1.67 bits per heavy atom. The molecule has 0 saturated heterocycles. The fraction of sp³-hybridized carbons (Fsp3) is 0.625. The number of hydrogen-bond acceptors (Lipinski definition) is 3. The molecule has 0 aromatic carbocycles. The molecule has 12 heavy (non-hydrogen) atoms. The zero-order chi connectivity index (χ0) is 8.77. The maximum absolute atomic E-state index is 5.51. The number of nitrogens with zero attached hydrogens (tertiary/aromatic N) is 2. The van der Waals surface area contributed by atoms with Crippen LogP contribution in [0.25, 0.3) is 0 Å². The molecule has 0 radical (unpaired) electrons. The topological polar surface area (TPSA) is 39.1 Å². The number of anilines is 1. The van der Waals surface area contributed by atoms with Crippen LogP contribution in [0.3, 0.4) is 0 Å². The highest BCUT2D eigenvalue weighted by molar-refractivity contribution is 5.52. The summed E-state index contributed by atoms with van der Waals surface area (Å²) in [6, 6.07) is 0. The van der Waals surface area contributed by atoms with Gasteiger partial charge in [0.05, 0.1) is 11.7 Å². The molecule has 0 fully saturated rings. The standard InChI is InChI=1S/C8H13N3O/c1-8(2)5-12-6-4-11(3)10-7(6)9-8/h4H,5H2,1-3H3,(H,9,10). The fourth-order valence-electron chi connectivity index (χ4n) is 1.27. The zero-order valence-corrected chi connectivity index (χ0v) is 7.59. The van der Waals surface area contributed by atoms with Crippen LogP contribution in [0.4, 0.5) is 5.82 Å². The molecule has 0 saturated carbocycles. The monoisotopic (exact) mass is 167 g/mol. The molecular formula is C8H13N3O. The summed E-state index contributed by atoms with van der Waals surface area (Å²) in [6.45, 7) is 4.86. The maximum atomic E-state index is 5.51. The molecule has 1 aromatic rings. The van der Waals surface area contributed by atoms with Gasteiger partial charge >= 0.3 is 0 Å². The van der Waals surface area contributed by atoms with Crippen LogP contribution in [-0.2, 0) is 7.05 Å². The van der Waals surface area contributed by atoms with Gasteiger partial charge in [0.15, 0.2) is 11.6 Å². The Kier molecular flexibility index (Phi) is 1.34. The van der Waals surface area contributed by atoms with Gasteiger partial charge in [-0.2, -0.15) is 5.10 Å². The number of nitrogens with one attached hydrogen (secondary N) is 1. The van der Waals surface area contributed by atoms with Crippen LogP contribution in [0, 0.1) is 0 Å². The average Bonchev–Trinajstić information content (AvgIpc) is 2.26. The van der Waals surface area contributed by atoms with E-state index in [0.29, 0.717) is 6.61 Å². The third-order valence-corrected chi connectivity index (χ3v) is 1.84. The Hall–Kier alpha value is -1.19. The normalized spacial score (nSPS) is 19.2. The van der Waals surface area contributed by atoms with Crippen molar-refractivity contribution in [2.24, 2.45) is 7.05 Å². The van der Waals surface area contributed by atoms with Gasteiger partial charge in [-0.1, -0.05) is 0 Å². The molecule has 66 valence electrons. The first kappa shape index (κ1) is 7.46. The molecule has 4 nitrogen and oxygen atoms in total. The van der Waals surface area contributed by atoms with Crippen molar-refractivity contribution >= 4 is 5.82 Å². The van der Waals surface area contributed by atoms with Crippen molar-refractivity contribution in [3.63, 3.8) is 0 Å². The van der Waals surface area contributed by atoms with Gasteiger partial charge in [-0.05, 0) is 13.8 Å². The lowest BCUT2D eigenvalue weighted by atomic mass is 10.1. The SMILES string of the molecule is Cn1cc2c(n1)NC(C)(C)CO2. The van der Waals surface area contributed by atoms with Crippen LogP contribution >= 0.6 is 0 Å². The largest absolute Gasteiger partial charge is 0.486 e. The van der Waals surface area contributed by atoms with E-state index in [0.717, 1.165) is 11.6 Å². The van der Waals surface area contributed by atoms with E-state index in [9.17, 15) is 0 Å². The highest BCUT2D eigenvalue weighted by Crippen LogP contribution is 2.30. The van der Waals surface area contributed by atoms with Gasteiger partial charge in [-0.15, -0.1) is 0 Å². The van der Waals surface area contributed by atoms with E-state index in [4.69, 9.17) is 4.74 Å². The molecule has 0 aliphatic carbocycles. The first-order chi connectivity index (χ1) is 5.57. The van der Waals surface area contributed by atoms with Gasteiger partial charge < -0.3 is 10.1 Å². The van der Waals surface area contributed by atoms with Gasteiger partial charge in [0.1, 0.15) is 6.61 Å². The summed E-state index contributed by atoms with van der Waals surface area (Å²) in [5.74, 6) is 1.69. The van der Waals surface area contributed by atoms with E-state index >= 15 is 0 Å². The minimum atomic E-state index is -0.0125. The summed E-state index contributed by atoms with van der Waals surface area (Å²) >= 11 is 0. The van der Waals surface area contributed by atoms with Crippen LogP contribution in [-0.4, -0.2) is 21.9 Å². The van der Waals surface area contributed by atoms with Crippen molar-refractivity contribution in [3.8, 4) is 5.75 Å². The second kappa shape index (κ2) is 2.15. The lowest BCUT2D eigenvalue weighted by molar-refractivity contribution is 0.242. The van der Waals surface area contributed by atoms with E-state index in [1.807, 2.05) is 13.2 Å². The van der Waals surface area contributed by atoms with E-state index < -0.39 is 0 Å². The summed E-state index contributed by atoms with van der Waals surface area (Å²) in [5, 5.41) is 7.53. The van der Waals surface area contributed by atoms with E-state index in [-0.39, 0.29) is 5.54 Å². The molecule has 1 aliphatic rings. The summed E-state index contributed by atoms with van der Waals surface area (Å²) in [5.41, 5.74) is -0.0125. The summed E-state index contributed by atoms with van der Waals surface area (Å²) in [6.07, 6.45) is 1.87. The predicted molar refractivity (Wildman–Crippen MR) is 46.4 cm³/mol. The molecule has 4 heteroatoms. The first-order valence-corrected chi connectivity index (χ1v) is 4.01. The lowest BCUT2D eigenvalue weighted by Gasteiger charge is -2.30. The van der Waals surface area contributed by atoms with Crippen molar-refractivity contribution < 1.29 is 4.74 Å². The number of aromatic nitrogens is 2. The Bertz CT molecular complexity index is 303. The summed E-state index contributed by atoms with van der Waals surface area (Å²) in [4.78, 5) is 0. The number of ether oxygens (including phenoxy) is 1. The molecular weight excluding hydrogens is 154 g/mol. The van der Waals surface area contributed by atoms with Crippen LogP contribution < -0.4 is 10.1 Å². The third kappa shape index (κ3) is 1.13. The fourth-order valence-corrected chi connectivity index (χ4v) is 1.27. The highest BCUT2D eigenvalue weighted by atomic mass is 16.5. The molecule has 1 aliphatic heterocycles. The lowest BCUT2D eigenvalue weighted by Crippen LogP contribution is -2.40. The molecule has 0 amide bonds. The van der Waals surface area contributed by atoms with E-state index in [1.165, 1.54) is 0 Å². The van der Waals surface area contributed by atoms with Gasteiger partial charge in [0, 0.05) is 7.05 Å². The van der Waals surface area contributed by atoms with Gasteiger partial charge in [0.2, 0.25) is 0 Å². The third-order valence-electron chi connectivity index (χ3n) is 1.84.